The van der Waals surface area contributed by atoms with Crippen LogP contribution in [0.3, 0.4) is 0 Å². The van der Waals surface area contributed by atoms with E-state index in [1.54, 1.807) is 12.1 Å². The second-order valence-corrected chi connectivity index (χ2v) is 10.1. The Morgan fingerprint density at radius 2 is 1.78 bits per heavy atom. The quantitative estimate of drug-likeness (QED) is 0.536. The standard InChI is InChI=1S/C26H26Cl2N2O2/c1-14-8-5-6-11-18(14)30-25(32)21-15(2)29-19-12-26(3,4)13-20(31)23(19)22(21)16-9-7-10-17(27)24(16)28/h5-11,22,29H,12-13H2,1-4H3,(H,30,32)/t22-/m0/s1. The van der Waals surface area contributed by atoms with Crippen molar-refractivity contribution in [2.45, 2.75) is 46.5 Å². The number of aryl methyl sites for hydroxylation is 1. The first-order valence-electron chi connectivity index (χ1n) is 10.6. The lowest BCUT2D eigenvalue weighted by molar-refractivity contribution is -0.118. The van der Waals surface area contributed by atoms with E-state index < -0.39 is 5.92 Å². The molecule has 0 radical (unpaired) electrons. The Morgan fingerprint density at radius 3 is 2.50 bits per heavy atom. The SMILES string of the molecule is CC1=C(C(=O)Nc2ccccc2C)[C@H](c2cccc(Cl)c2Cl)C2=C(CC(C)(C)CC2=O)N1. The van der Waals surface area contributed by atoms with Gasteiger partial charge in [0.2, 0.25) is 0 Å². The minimum absolute atomic E-state index is 0.0264. The number of allylic oxidation sites excluding steroid dienone is 3. The van der Waals surface area contributed by atoms with Gasteiger partial charge < -0.3 is 10.6 Å². The van der Waals surface area contributed by atoms with Gasteiger partial charge in [-0.15, -0.1) is 0 Å². The van der Waals surface area contributed by atoms with Crippen LogP contribution in [0.5, 0.6) is 0 Å². The highest BCUT2D eigenvalue weighted by Crippen LogP contribution is 2.48. The second kappa shape index (κ2) is 8.42. The summed E-state index contributed by atoms with van der Waals surface area (Å²) >= 11 is 13.0. The van der Waals surface area contributed by atoms with Crippen LogP contribution in [0.2, 0.25) is 10.0 Å². The van der Waals surface area contributed by atoms with Crippen LogP contribution in [0.25, 0.3) is 0 Å². The van der Waals surface area contributed by atoms with Gasteiger partial charge >= 0.3 is 0 Å². The number of hydrogen-bond donors (Lipinski definition) is 2. The summed E-state index contributed by atoms with van der Waals surface area (Å²) in [5.41, 5.74) is 4.83. The van der Waals surface area contributed by atoms with E-state index in [-0.39, 0.29) is 17.1 Å². The van der Waals surface area contributed by atoms with Crippen LogP contribution in [0, 0.1) is 12.3 Å². The highest BCUT2D eigenvalue weighted by Gasteiger charge is 2.43. The maximum Gasteiger partial charge on any atom is 0.254 e. The van der Waals surface area contributed by atoms with Crippen LogP contribution in [-0.4, -0.2) is 11.7 Å². The molecule has 1 heterocycles. The van der Waals surface area contributed by atoms with Crippen molar-refractivity contribution in [2.24, 2.45) is 5.41 Å². The number of nitrogens with one attached hydrogen (secondary N) is 2. The molecule has 32 heavy (non-hydrogen) atoms. The van der Waals surface area contributed by atoms with Crippen LogP contribution >= 0.6 is 23.2 Å². The largest absolute Gasteiger partial charge is 0.362 e. The van der Waals surface area contributed by atoms with Gasteiger partial charge in [0.05, 0.1) is 10.0 Å². The molecule has 2 N–H and O–H groups in total. The van der Waals surface area contributed by atoms with Crippen LogP contribution in [0.4, 0.5) is 5.69 Å². The van der Waals surface area contributed by atoms with Gasteiger partial charge in [0, 0.05) is 40.6 Å². The predicted octanol–water partition coefficient (Wildman–Crippen LogP) is 6.54. The Morgan fingerprint density at radius 1 is 1.06 bits per heavy atom. The Balaban J connectivity index is 1.87. The maximum atomic E-state index is 13.6. The van der Waals surface area contributed by atoms with Crippen molar-refractivity contribution in [1.29, 1.82) is 0 Å². The van der Waals surface area contributed by atoms with E-state index in [9.17, 15) is 9.59 Å². The molecule has 4 rings (SSSR count). The lowest BCUT2D eigenvalue weighted by atomic mass is 9.68. The Labute approximate surface area is 198 Å². The number of halogens is 2. The summed E-state index contributed by atoms with van der Waals surface area (Å²) in [6, 6.07) is 13.0. The van der Waals surface area contributed by atoms with Gasteiger partial charge in [-0.25, -0.2) is 0 Å². The molecule has 1 aliphatic heterocycles. The normalized spacial score (nSPS) is 20.1. The van der Waals surface area contributed by atoms with E-state index >= 15 is 0 Å². The molecule has 166 valence electrons. The van der Waals surface area contributed by atoms with Gasteiger partial charge in [0.25, 0.3) is 5.91 Å². The topological polar surface area (TPSA) is 58.2 Å². The number of Topliss-reactive ketones (excluding diaryl/α,β-unsaturated/α-hetero) is 1. The van der Waals surface area contributed by atoms with Gasteiger partial charge in [0.1, 0.15) is 0 Å². The van der Waals surface area contributed by atoms with Gasteiger partial charge in [-0.05, 0) is 48.9 Å². The van der Waals surface area contributed by atoms with Gasteiger partial charge in [-0.3, -0.25) is 9.59 Å². The molecule has 2 aromatic carbocycles. The van der Waals surface area contributed by atoms with E-state index in [2.05, 4.69) is 24.5 Å². The average Bonchev–Trinajstić information content (AvgIpc) is 2.69. The van der Waals surface area contributed by atoms with Gasteiger partial charge in [0.15, 0.2) is 5.78 Å². The molecule has 1 aliphatic carbocycles. The molecule has 0 saturated carbocycles. The zero-order valence-corrected chi connectivity index (χ0v) is 20.1. The average molecular weight is 469 g/mol. The molecule has 0 saturated heterocycles. The highest BCUT2D eigenvalue weighted by molar-refractivity contribution is 6.42. The minimum Gasteiger partial charge on any atom is -0.362 e. The molecule has 0 unspecified atom stereocenters. The molecule has 2 aromatic rings. The molecule has 0 aromatic heterocycles. The third-order valence-corrected chi connectivity index (χ3v) is 7.00. The number of amides is 1. The first-order valence-corrected chi connectivity index (χ1v) is 11.4. The van der Waals surface area contributed by atoms with Crippen LogP contribution < -0.4 is 10.6 Å². The van der Waals surface area contributed by atoms with Crippen LogP contribution in [-0.2, 0) is 9.59 Å². The number of ketones is 1. The number of benzene rings is 2. The van der Waals surface area contributed by atoms with Crippen molar-refractivity contribution in [1.82, 2.24) is 5.32 Å². The molecular formula is C26H26Cl2N2O2. The van der Waals surface area contributed by atoms with E-state index in [1.165, 1.54) is 0 Å². The molecule has 0 fully saturated rings. The van der Waals surface area contributed by atoms with Crippen molar-refractivity contribution in [3.63, 3.8) is 0 Å². The molecule has 0 spiro atoms. The Bertz CT molecular complexity index is 1190. The molecule has 1 atom stereocenters. The number of para-hydroxylation sites is 1. The molecule has 4 nitrogen and oxygen atoms in total. The number of dihydropyridines is 1. The summed E-state index contributed by atoms with van der Waals surface area (Å²) in [5.74, 6) is -0.835. The smallest absolute Gasteiger partial charge is 0.254 e. The first kappa shape index (κ1) is 22.6. The zero-order chi connectivity index (χ0) is 23.2. The molecule has 0 bridgehead atoms. The fourth-order valence-electron chi connectivity index (χ4n) is 4.69. The Kier molecular flexibility index (Phi) is 5.95. The van der Waals surface area contributed by atoms with E-state index in [0.717, 1.165) is 16.9 Å². The van der Waals surface area contributed by atoms with Gasteiger partial charge in [-0.2, -0.15) is 0 Å². The summed E-state index contributed by atoms with van der Waals surface area (Å²) in [5, 5.41) is 7.15. The maximum absolute atomic E-state index is 13.6. The monoisotopic (exact) mass is 468 g/mol. The summed E-state index contributed by atoms with van der Waals surface area (Å²) in [6.07, 6.45) is 1.13. The van der Waals surface area contributed by atoms with Crippen LogP contribution in [0.15, 0.2) is 65.0 Å². The minimum atomic E-state index is -0.593. The predicted molar refractivity (Wildman–Crippen MR) is 130 cm³/mol. The number of carbonyl (C=O) groups excluding carboxylic acids is 2. The summed E-state index contributed by atoms with van der Waals surface area (Å²) in [4.78, 5) is 27.0. The van der Waals surface area contributed by atoms with Crippen molar-refractivity contribution < 1.29 is 9.59 Å². The Hall–Kier alpha value is -2.56. The lowest BCUT2D eigenvalue weighted by Crippen LogP contribution is -2.39. The summed E-state index contributed by atoms with van der Waals surface area (Å²) in [7, 11) is 0. The van der Waals surface area contributed by atoms with E-state index in [4.69, 9.17) is 23.2 Å². The first-order chi connectivity index (χ1) is 15.1. The number of rotatable bonds is 3. The zero-order valence-electron chi connectivity index (χ0n) is 18.6. The molecule has 6 heteroatoms. The lowest BCUT2D eigenvalue weighted by Gasteiger charge is -2.40. The summed E-state index contributed by atoms with van der Waals surface area (Å²) in [6.45, 7) is 7.97. The van der Waals surface area contributed by atoms with E-state index in [0.29, 0.717) is 45.3 Å². The molecule has 1 amide bonds. The van der Waals surface area contributed by atoms with Crippen LogP contribution in [0.1, 0.15) is 50.7 Å². The summed E-state index contributed by atoms with van der Waals surface area (Å²) < 4.78 is 0. The van der Waals surface area contributed by atoms with Crippen molar-refractivity contribution in [3.8, 4) is 0 Å². The van der Waals surface area contributed by atoms with Crippen molar-refractivity contribution in [2.75, 3.05) is 5.32 Å². The van der Waals surface area contributed by atoms with Gasteiger partial charge in [-0.1, -0.05) is 67.4 Å². The second-order valence-electron chi connectivity index (χ2n) is 9.34. The molecular weight excluding hydrogens is 443 g/mol. The third kappa shape index (κ3) is 4.10. The number of carbonyl (C=O) groups is 2. The highest BCUT2D eigenvalue weighted by atomic mass is 35.5. The number of hydrogen-bond acceptors (Lipinski definition) is 3. The van der Waals surface area contributed by atoms with Crippen molar-refractivity contribution in [3.05, 3.63) is 86.2 Å². The van der Waals surface area contributed by atoms with E-state index in [1.807, 2.05) is 44.2 Å². The number of anilines is 1. The van der Waals surface area contributed by atoms with Crippen molar-refractivity contribution >= 4 is 40.6 Å². The third-order valence-electron chi connectivity index (χ3n) is 6.17. The fraction of sp³-hybridized carbons (Fsp3) is 0.308. The fourth-order valence-corrected chi connectivity index (χ4v) is 5.11. The molecule has 2 aliphatic rings.